The molecule has 5 nitrogen and oxygen atoms in total. The van der Waals surface area contributed by atoms with E-state index in [4.69, 9.17) is 21.0 Å². The summed E-state index contributed by atoms with van der Waals surface area (Å²) in [5.41, 5.74) is 10.8. The Balaban J connectivity index is 1.50. The molecule has 2 aliphatic rings. The zero-order valence-corrected chi connectivity index (χ0v) is 20.9. The molecule has 0 radical (unpaired) electrons. The summed E-state index contributed by atoms with van der Waals surface area (Å²) < 4.78 is 0. The molecule has 1 atom stereocenters. The van der Waals surface area contributed by atoms with Gasteiger partial charge >= 0.3 is 0 Å². The number of nitriles is 2. The van der Waals surface area contributed by atoms with Crippen LogP contribution in [0.2, 0.25) is 0 Å². The van der Waals surface area contributed by atoms with Crippen LogP contribution in [-0.2, 0) is 5.75 Å². The van der Waals surface area contributed by atoms with E-state index >= 15 is 0 Å². The number of amidine groups is 1. The van der Waals surface area contributed by atoms with Gasteiger partial charge in [-0.3, -0.25) is 0 Å². The second-order valence-electron chi connectivity index (χ2n) is 9.01. The third-order valence-electron chi connectivity index (χ3n) is 6.95. The molecule has 1 spiro atoms. The van der Waals surface area contributed by atoms with E-state index < -0.39 is 0 Å². The van der Waals surface area contributed by atoms with E-state index in [2.05, 4.69) is 29.7 Å². The minimum Gasteiger partial charge on any atom is -0.387 e. The van der Waals surface area contributed by atoms with Crippen molar-refractivity contribution in [3.8, 4) is 23.4 Å². The summed E-state index contributed by atoms with van der Waals surface area (Å²) in [6, 6.07) is 22.4. The van der Waals surface area contributed by atoms with Crippen LogP contribution in [0.1, 0.15) is 54.2 Å². The molecule has 1 aliphatic carbocycles. The lowest BCUT2D eigenvalue weighted by Crippen LogP contribution is -2.43. The van der Waals surface area contributed by atoms with Crippen LogP contribution < -0.4 is 5.73 Å². The number of nitrogens with two attached hydrogens (primary N) is 1. The van der Waals surface area contributed by atoms with Crippen molar-refractivity contribution in [3.63, 3.8) is 0 Å². The molecule has 2 heterocycles. The lowest BCUT2D eigenvalue weighted by molar-refractivity contribution is 0.224. The molecule has 2 aromatic carbocycles. The molecule has 5 rings (SSSR count). The van der Waals surface area contributed by atoms with Gasteiger partial charge in [-0.2, -0.15) is 10.5 Å². The minimum atomic E-state index is -0.363. The maximum atomic E-state index is 10.4. The molecule has 1 saturated carbocycles. The molecule has 3 aromatic rings. The van der Waals surface area contributed by atoms with Gasteiger partial charge in [0.1, 0.15) is 15.9 Å². The van der Waals surface area contributed by atoms with Crippen molar-refractivity contribution < 1.29 is 0 Å². The molecule has 174 valence electrons. The van der Waals surface area contributed by atoms with Gasteiger partial charge in [-0.15, -0.1) is 23.1 Å². The van der Waals surface area contributed by atoms with E-state index in [1.54, 1.807) is 23.1 Å². The molecule has 35 heavy (non-hydrogen) atoms. The summed E-state index contributed by atoms with van der Waals surface area (Å²) in [4.78, 5) is 9.80. The number of allylic oxidation sites excluding steroid dienone is 1. The highest BCUT2D eigenvalue weighted by Crippen LogP contribution is 2.57. The predicted molar refractivity (Wildman–Crippen MR) is 143 cm³/mol. The van der Waals surface area contributed by atoms with E-state index in [9.17, 15) is 5.26 Å². The highest BCUT2D eigenvalue weighted by molar-refractivity contribution is 8.02. The fourth-order valence-corrected chi connectivity index (χ4v) is 7.33. The van der Waals surface area contributed by atoms with Crippen LogP contribution in [0.4, 0.5) is 0 Å². The number of thioether (sulfide) groups is 1. The first-order valence-electron chi connectivity index (χ1n) is 11.8. The van der Waals surface area contributed by atoms with Crippen molar-refractivity contribution in [1.29, 1.82) is 10.5 Å². The normalized spacial score (nSPS) is 19.1. The number of hydrogen-bond donors (Lipinski definition) is 1. The Morgan fingerprint density at radius 1 is 1.00 bits per heavy atom. The van der Waals surface area contributed by atoms with Crippen LogP contribution in [0, 0.1) is 28.1 Å². The van der Waals surface area contributed by atoms with Crippen molar-refractivity contribution in [2.75, 3.05) is 0 Å². The Labute approximate surface area is 214 Å². The van der Waals surface area contributed by atoms with Crippen LogP contribution in [-0.4, -0.2) is 10.8 Å². The quantitative estimate of drug-likeness (QED) is 0.422. The maximum Gasteiger partial charge on any atom is 0.113 e. The van der Waals surface area contributed by atoms with Crippen molar-refractivity contribution in [2.45, 2.75) is 43.8 Å². The number of nitrogens with zero attached hydrogens (tertiary/aromatic N) is 4. The zero-order valence-electron chi connectivity index (χ0n) is 19.3. The SMILES string of the molecule is N#CC1=C(SCc2ccc(C#N)cc2)N=C(N)[C@@H](c2nc(-c3ccccc3)cs2)C12CCCCC2. The van der Waals surface area contributed by atoms with Crippen molar-refractivity contribution >= 4 is 28.9 Å². The second kappa shape index (κ2) is 10.1. The van der Waals surface area contributed by atoms with E-state index in [-0.39, 0.29) is 11.3 Å². The van der Waals surface area contributed by atoms with E-state index in [0.717, 1.165) is 58.1 Å². The number of thiazole rings is 1. The average molecular weight is 496 g/mol. The summed E-state index contributed by atoms with van der Waals surface area (Å²) in [6.45, 7) is 0. The molecule has 1 aromatic heterocycles. The van der Waals surface area contributed by atoms with Crippen LogP contribution in [0.15, 0.2) is 75.6 Å². The molecule has 0 amide bonds. The Morgan fingerprint density at radius 3 is 2.43 bits per heavy atom. The largest absolute Gasteiger partial charge is 0.387 e. The van der Waals surface area contributed by atoms with Gasteiger partial charge in [0.2, 0.25) is 0 Å². The molecule has 1 fully saturated rings. The van der Waals surface area contributed by atoms with Crippen LogP contribution in [0.5, 0.6) is 0 Å². The Kier molecular flexibility index (Phi) is 6.72. The van der Waals surface area contributed by atoms with Gasteiger partial charge in [0, 0.05) is 22.1 Å². The summed E-state index contributed by atoms with van der Waals surface area (Å²) in [5, 5.41) is 23.2. The van der Waals surface area contributed by atoms with Crippen molar-refractivity contribution in [1.82, 2.24) is 4.98 Å². The van der Waals surface area contributed by atoms with Gasteiger partial charge < -0.3 is 5.73 Å². The number of aliphatic imine (C=N–C) groups is 1. The first-order valence-corrected chi connectivity index (χ1v) is 13.6. The summed E-state index contributed by atoms with van der Waals surface area (Å²) >= 11 is 3.17. The summed E-state index contributed by atoms with van der Waals surface area (Å²) in [7, 11) is 0. The van der Waals surface area contributed by atoms with Crippen molar-refractivity contribution in [3.05, 3.63) is 86.7 Å². The highest BCUT2D eigenvalue weighted by Gasteiger charge is 2.50. The van der Waals surface area contributed by atoms with Gasteiger partial charge in [0.15, 0.2) is 0 Å². The molecule has 7 heteroatoms. The third-order valence-corrected chi connectivity index (χ3v) is 8.90. The number of rotatable bonds is 5. The molecule has 0 saturated heterocycles. The fourth-order valence-electron chi connectivity index (χ4n) is 5.21. The molecule has 2 N–H and O–H groups in total. The maximum absolute atomic E-state index is 10.4. The number of hydrogen-bond acceptors (Lipinski definition) is 7. The van der Waals surface area contributed by atoms with Gasteiger partial charge in [-0.25, -0.2) is 9.98 Å². The molecule has 0 bridgehead atoms. The van der Waals surface area contributed by atoms with E-state index in [1.165, 1.54) is 6.42 Å². The van der Waals surface area contributed by atoms with Crippen molar-refractivity contribution in [2.24, 2.45) is 16.1 Å². The summed E-state index contributed by atoms with van der Waals surface area (Å²) in [6.07, 6.45) is 5.14. The minimum absolute atomic E-state index is 0.181. The Bertz CT molecular complexity index is 1350. The predicted octanol–water partition coefficient (Wildman–Crippen LogP) is 6.76. The fraction of sp³-hybridized carbons (Fsp3) is 0.286. The smallest absolute Gasteiger partial charge is 0.113 e. The molecular formula is C28H25N5S2. The lowest BCUT2D eigenvalue weighted by atomic mass is 9.61. The molecule has 0 unspecified atom stereocenters. The van der Waals surface area contributed by atoms with Gasteiger partial charge in [-0.1, -0.05) is 61.7 Å². The van der Waals surface area contributed by atoms with Crippen LogP contribution in [0.25, 0.3) is 11.3 Å². The number of aromatic nitrogens is 1. The Morgan fingerprint density at radius 2 is 1.74 bits per heavy atom. The molecular weight excluding hydrogens is 470 g/mol. The second-order valence-corrected chi connectivity index (χ2v) is 10.9. The van der Waals surface area contributed by atoms with E-state index in [0.29, 0.717) is 17.2 Å². The average Bonchev–Trinajstić information content (AvgIpc) is 3.38. The standard InChI is InChI=1S/C28H25N5S2/c29-15-19-9-11-20(12-10-19)17-34-26-22(16-30)28(13-5-2-6-14-28)24(25(31)33-26)27-32-23(18-35-27)21-7-3-1-4-8-21/h1,3-4,7-12,18,24H,2,5-6,13-14,17H2,(H2,31,33)/t24-/m0/s1. The van der Waals surface area contributed by atoms with Gasteiger partial charge in [-0.05, 0) is 30.5 Å². The van der Waals surface area contributed by atoms with Gasteiger partial charge in [0.25, 0.3) is 0 Å². The zero-order chi connectivity index (χ0) is 24.3. The first-order chi connectivity index (χ1) is 17.1. The lowest BCUT2D eigenvalue weighted by Gasteiger charge is -2.44. The highest BCUT2D eigenvalue weighted by atomic mass is 32.2. The van der Waals surface area contributed by atoms with E-state index in [1.807, 2.05) is 42.5 Å². The molecule has 1 aliphatic heterocycles. The first kappa shape index (κ1) is 23.4. The van der Waals surface area contributed by atoms with Crippen LogP contribution >= 0.6 is 23.1 Å². The van der Waals surface area contributed by atoms with Gasteiger partial charge in [0.05, 0.1) is 34.9 Å². The van der Waals surface area contributed by atoms with Crippen LogP contribution in [0.3, 0.4) is 0 Å². The summed E-state index contributed by atoms with van der Waals surface area (Å²) in [5.74, 6) is 1.04. The topological polar surface area (TPSA) is 98.8 Å². The monoisotopic (exact) mass is 495 g/mol. The third kappa shape index (κ3) is 4.50. The Hall–Kier alpha value is -3.39. The number of benzene rings is 2.